The van der Waals surface area contributed by atoms with Gasteiger partial charge in [0.1, 0.15) is 11.6 Å². The third-order valence-electron chi connectivity index (χ3n) is 4.58. The summed E-state index contributed by atoms with van der Waals surface area (Å²) >= 11 is 0. The van der Waals surface area contributed by atoms with Crippen LogP contribution in [-0.2, 0) is 6.42 Å². The number of ether oxygens (including phenoxy) is 1. The van der Waals surface area contributed by atoms with Crippen LogP contribution in [0, 0.1) is 5.82 Å². The first kappa shape index (κ1) is 15.8. The van der Waals surface area contributed by atoms with Gasteiger partial charge in [-0.25, -0.2) is 4.39 Å². The van der Waals surface area contributed by atoms with Gasteiger partial charge in [0.15, 0.2) is 0 Å². The Kier molecular flexibility index (Phi) is 3.57. The molecule has 4 heteroatoms. The van der Waals surface area contributed by atoms with Crippen molar-refractivity contribution in [1.29, 1.82) is 0 Å². The van der Waals surface area contributed by atoms with E-state index in [0.717, 1.165) is 33.5 Å². The first-order valence-corrected chi connectivity index (χ1v) is 8.30. The Morgan fingerprint density at radius 1 is 1.04 bits per heavy atom. The molecule has 0 bridgehead atoms. The minimum Gasteiger partial charge on any atom is -0.495 e. The highest BCUT2D eigenvalue weighted by Crippen LogP contribution is 2.35. The topological polar surface area (TPSA) is 34.5 Å². The smallest absolute Gasteiger partial charge is 0.139 e. The van der Waals surface area contributed by atoms with Crippen molar-refractivity contribution in [3.8, 4) is 5.75 Å². The Bertz CT molecular complexity index is 1010. The standard InChI is InChI=1S/C21H19FN2O/c1-21(2)11-15-13(8-6-9-17(15)22)19(24-21)16-12-23-18-10-5-4-7-14(18)20(16)25-3/h4-10,12H,11H2,1-3H3. The molecule has 0 aliphatic carbocycles. The van der Waals surface area contributed by atoms with E-state index in [-0.39, 0.29) is 11.4 Å². The summed E-state index contributed by atoms with van der Waals surface area (Å²) in [7, 11) is 1.65. The molecule has 1 aromatic heterocycles. The molecule has 2 aromatic carbocycles. The van der Waals surface area contributed by atoms with Gasteiger partial charge in [-0.1, -0.05) is 24.3 Å². The van der Waals surface area contributed by atoms with Crippen molar-refractivity contribution in [2.45, 2.75) is 25.8 Å². The summed E-state index contributed by atoms with van der Waals surface area (Å²) in [6.07, 6.45) is 2.35. The minimum absolute atomic E-state index is 0.189. The zero-order valence-electron chi connectivity index (χ0n) is 14.5. The summed E-state index contributed by atoms with van der Waals surface area (Å²) in [4.78, 5) is 9.47. The number of aliphatic imine (C=N–C) groups is 1. The quantitative estimate of drug-likeness (QED) is 0.689. The lowest BCUT2D eigenvalue weighted by Gasteiger charge is -2.30. The van der Waals surface area contributed by atoms with Crippen LogP contribution in [0.4, 0.5) is 4.39 Å². The van der Waals surface area contributed by atoms with Crippen molar-refractivity contribution in [3.63, 3.8) is 0 Å². The van der Waals surface area contributed by atoms with Gasteiger partial charge in [0.2, 0.25) is 0 Å². The monoisotopic (exact) mass is 334 g/mol. The van der Waals surface area contributed by atoms with Gasteiger partial charge >= 0.3 is 0 Å². The van der Waals surface area contributed by atoms with Crippen LogP contribution in [0.2, 0.25) is 0 Å². The van der Waals surface area contributed by atoms with Crippen LogP contribution in [0.5, 0.6) is 5.75 Å². The van der Waals surface area contributed by atoms with Crippen LogP contribution >= 0.6 is 0 Å². The van der Waals surface area contributed by atoms with Crippen molar-refractivity contribution in [1.82, 2.24) is 4.98 Å². The molecule has 3 nitrogen and oxygen atoms in total. The van der Waals surface area contributed by atoms with Gasteiger partial charge in [-0.2, -0.15) is 0 Å². The van der Waals surface area contributed by atoms with E-state index < -0.39 is 0 Å². The summed E-state index contributed by atoms with van der Waals surface area (Å²) in [6.45, 7) is 4.03. The molecule has 0 radical (unpaired) electrons. The molecule has 0 saturated heterocycles. The highest BCUT2D eigenvalue weighted by molar-refractivity contribution is 6.17. The lowest BCUT2D eigenvalue weighted by molar-refractivity contribution is 0.418. The second-order valence-corrected chi connectivity index (χ2v) is 6.94. The van der Waals surface area contributed by atoms with Crippen LogP contribution < -0.4 is 4.74 Å². The average molecular weight is 334 g/mol. The third-order valence-corrected chi connectivity index (χ3v) is 4.58. The molecule has 0 amide bonds. The highest BCUT2D eigenvalue weighted by atomic mass is 19.1. The second kappa shape index (κ2) is 5.66. The molecular weight excluding hydrogens is 315 g/mol. The summed E-state index contributed by atoms with van der Waals surface area (Å²) in [5, 5.41) is 0.923. The Hall–Kier alpha value is -2.75. The zero-order chi connectivity index (χ0) is 17.6. The number of nitrogens with zero attached hydrogens (tertiary/aromatic N) is 2. The Morgan fingerprint density at radius 3 is 2.64 bits per heavy atom. The second-order valence-electron chi connectivity index (χ2n) is 6.94. The maximum atomic E-state index is 14.4. The number of pyridine rings is 1. The number of rotatable bonds is 2. The predicted octanol–water partition coefficient (Wildman–Crippen LogP) is 4.55. The lowest BCUT2D eigenvalue weighted by Crippen LogP contribution is -2.30. The largest absolute Gasteiger partial charge is 0.495 e. The van der Waals surface area contributed by atoms with E-state index in [1.165, 1.54) is 6.07 Å². The summed E-state index contributed by atoms with van der Waals surface area (Å²) in [5.74, 6) is 0.531. The summed E-state index contributed by atoms with van der Waals surface area (Å²) < 4.78 is 20.1. The van der Waals surface area contributed by atoms with E-state index >= 15 is 0 Å². The van der Waals surface area contributed by atoms with Gasteiger partial charge in [-0.15, -0.1) is 0 Å². The van der Waals surface area contributed by atoms with Crippen LogP contribution in [0.1, 0.15) is 30.5 Å². The maximum Gasteiger partial charge on any atom is 0.139 e. The van der Waals surface area contributed by atoms with Gasteiger partial charge in [0.05, 0.1) is 29.4 Å². The Morgan fingerprint density at radius 2 is 1.84 bits per heavy atom. The molecule has 1 aliphatic heterocycles. The van der Waals surface area contributed by atoms with Gasteiger partial charge in [0, 0.05) is 23.6 Å². The van der Waals surface area contributed by atoms with E-state index in [9.17, 15) is 4.39 Å². The average Bonchev–Trinajstić information content (AvgIpc) is 2.60. The normalized spacial score (nSPS) is 15.6. The molecular formula is C21H19FN2O. The number of para-hydroxylation sites is 1. The SMILES string of the molecule is COc1c(C2=NC(C)(C)Cc3c(F)cccc32)cnc2ccccc12. The van der Waals surface area contributed by atoms with Crippen molar-refractivity contribution < 1.29 is 9.13 Å². The number of fused-ring (bicyclic) bond motifs is 2. The third kappa shape index (κ3) is 2.58. The van der Waals surface area contributed by atoms with Crippen LogP contribution in [0.25, 0.3) is 10.9 Å². The molecule has 3 aromatic rings. The molecule has 2 heterocycles. The Balaban J connectivity index is 2.03. The molecule has 4 rings (SSSR count). The van der Waals surface area contributed by atoms with E-state index in [1.54, 1.807) is 19.4 Å². The van der Waals surface area contributed by atoms with Crippen molar-refractivity contribution in [2.75, 3.05) is 7.11 Å². The summed E-state index contributed by atoms with van der Waals surface area (Å²) in [5.41, 5.74) is 3.52. The minimum atomic E-state index is -0.388. The number of methoxy groups -OCH3 is 1. The van der Waals surface area contributed by atoms with Gasteiger partial charge in [-0.3, -0.25) is 9.98 Å². The van der Waals surface area contributed by atoms with Crippen molar-refractivity contribution in [3.05, 3.63) is 71.2 Å². The van der Waals surface area contributed by atoms with Crippen LogP contribution in [0.15, 0.2) is 53.7 Å². The summed E-state index contributed by atoms with van der Waals surface area (Å²) in [6, 6.07) is 13.0. The van der Waals surface area contributed by atoms with E-state index in [4.69, 9.17) is 9.73 Å². The predicted molar refractivity (Wildman–Crippen MR) is 98.1 cm³/mol. The zero-order valence-corrected chi connectivity index (χ0v) is 14.5. The van der Waals surface area contributed by atoms with Crippen LogP contribution in [-0.4, -0.2) is 23.3 Å². The van der Waals surface area contributed by atoms with Gasteiger partial charge < -0.3 is 4.74 Å². The van der Waals surface area contributed by atoms with E-state index in [1.807, 2.05) is 44.2 Å². The molecule has 0 fully saturated rings. The molecule has 25 heavy (non-hydrogen) atoms. The highest BCUT2D eigenvalue weighted by Gasteiger charge is 2.31. The van der Waals surface area contributed by atoms with Crippen LogP contribution in [0.3, 0.4) is 0 Å². The number of hydrogen-bond acceptors (Lipinski definition) is 3. The van der Waals surface area contributed by atoms with Gasteiger partial charge in [-0.05, 0) is 37.6 Å². The fourth-order valence-electron chi connectivity index (χ4n) is 3.51. The molecule has 1 aliphatic rings. The number of halogens is 1. The molecule has 0 saturated carbocycles. The van der Waals surface area contributed by atoms with Crippen molar-refractivity contribution in [2.24, 2.45) is 4.99 Å². The molecule has 0 unspecified atom stereocenters. The fourth-order valence-corrected chi connectivity index (χ4v) is 3.51. The number of aromatic nitrogens is 1. The molecule has 0 spiro atoms. The first-order chi connectivity index (χ1) is 12.0. The van der Waals surface area contributed by atoms with Gasteiger partial charge in [0.25, 0.3) is 0 Å². The lowest BCUT2D eigenvalue weighted by atomic mass is 9.84. The Labute approximate surface area is 146 Å². The molecule has 126 valence electrons. The van der Waals surface area contributed by atoms with E-state index in [0.29, 0.717) is 12.0 Å². The first-order valence-electron chi connectivity index (χ1n) is 8.30. The number of hydrogen-bond donors (Lipinski definition) is 0. The number of benzene rings is 2. The molecule has 0 N–H and O–H groups in total. The fraction of sp³-hybridized carbons (Fsp3) is 0.238. The molecule has 0 atom stereocenters. The maximum absolute atomic E-state index is 14.4. The van der Waals surface area contributed by atoms with E-state index in [2.05, 4.69) is 4.98 Å². The van der Waals surface area contributed by atoms with Crippen molar-refractivity contribution >= 4 is 16.6 Å².